The number of hydrogen-bond donors (Lipinski definition) is 0. The molecule has 2 atom stereocenters. The van der Waals surface area contributed by atoms with Crippen molar-refractivity contribution < 1.29 is 14.3 Å². The first-order valence-corrected chi connectivity index (χ1v) is 6.22. The summed E-state index contributed by atoms with van der Waals surface area (Å²) in [6.07, 6.45) is 7.95. The van der Waals surface area contributed by atoms with Crippen LogP contribution in [0.25, 0.3) is 0 Å². The zero-order valence-corrected chi connectivity index (χ0v) is 10.5. The largest absolute Gasteiger partial charge is 0.463 e. The van der Waals surface area contributed by atoms with Gasteiger partial charge in [0.25, 0.3) is 0 Å². The highest BCUT2D eigenvalue weighted by molar-refractivity contribution is 5.82. The molecule has 0 N–H and O–H groups in total. The van der Waals surface area contributed by atoms with E-state index in [-0.39, 0.29) is 17.7 Å². The third-order valence-electron chi connectivity index (χ3n) is 2.93. The van der Waals surface area contributed by atoms with Crippen molar-refractivity contribution in [2.45, 2.75) is 58.2 Å². The maximum absolute atomic E-state index is 11.2. The zero-order valence-electron chi connectivity index (χ0n) is 10.5. The highest BCUT2D eigenvalue weighted by Gasteiger charge is 2.52. The first-order valence-electron chi connectivity index (χ1n) is 6.22. The fourth-order valence-electron chi connectivity index (χ4n) is 1.96. The third kappa shape index (κ3) is 3.34. The molecule has 16 heavy (non-hydrogen) atoms. The van der Waals surface area contributed by atoms with Gasteiger partial charge in [-0.2, -0.15) is 0 Å². The summed E-state index contributed by atoms with van der Waals surface area (Å²) >= 11 is 0. The van der Waals surface area contributed by atoms with Gasteiger partial charge in [0.1, 0.15) is 5.60 Å². The van der Waals surface area contributed by atoms with Crippen molar-refractivity contribution in [3.05, 3.63) is 12.2 Å². The standard InChI is InChI=1S/C13H22O3/c1-4-7-9-13(11(5-2)16-13)10-8-12(14)15-6-3/h8,10-11H,4-7,9H2,1-3H3/b10-8+/t11-,13-/m1/s1. The molecule has 0 aromatic heterocycles. The molecule has 0 radical (unpaired) electrons. The number of carbonyl (C=O) groups excluding carboxylic acids is 1. The fraction of sp³-hybridized carbons (Fsp3) is 0.769. The molecular weight excluding hydrogens is 204 g/mol. The van der Waals surface area contributed by atoms with Crippen LogP contribution in [0.4, 0.5) is 0 Å². The quantitative estimate of drug-likeness (QED) is 0.380. The highest BCUT2D eigenvalue weighted by Crippen LogP contribution is 2.44. The van der Waals surface area contributed by atoms with E-state index in [9.17, 15) is 4.79 Å². The second-order valence-electron chi connectivity index (χ2n) is 4.16. The Labute approximate surface area is 97.8 Å². The molecule has 0 bridgehead atoms. The molecule has 1 saturated heterocycles. The van der Waals surface area contributed by atoms with Gasteiger partial charge in [-0.15, -0.1) is 0 Å². The lowest BCUT2D eigenvalue weighted by Crippen LogP contribution is -2.12. The van der Waals surface area contributed by atoms with Crippen LogP contribution in [0.3, 0.4) is 0 Å². The number of epoxide rings is 1. The van der Waals surface area contributed by atoms with Crippen molar-refractivity contribution >= 4 is 5.97 Å². The van der Waals surface area contributed by atoms with Crippen molar-refractivity contribution in [3.63, 3.8) is 0 Å². The first kappa shape index (κ1) is 13.2. The van der Waals surface area contributed by atoms with Gasteiger partial charge in [-0.25, -0.2) is 4.79 Å². The van der Waals surface area contributed by atoms with Gasteiger partial charge >= 0.3 is 5.97 Å². The second kappa shape index (κ2) is 6.04. The summed E-state index contributed by atoms with van der Waals surface area (Å²) in [5, 5.41) is 0. The average molecular weight is 226 g/mol. The topological polar surface area (TPSA) is 38.8 Å². The Bertz CT molecular complexity index is 260. The van der Waals surface area contributed by atoms with Crippen LogP contribution in [0.2, 0.25) is 0 Å². The Morgan fingerprint density at radius 1 is 1.44 bits per heavy atom. The van der Waals surface area contributed by atoms with E-state index >= 15 is 0 Å². The summed E-state index contributed by atoms with van der Waals surface area (Å²) in [7, 11) is 0. The Morgan fingerprint density at radius 3 is 2.69 bits per heavy atom. The van der Waals surface area contributed by atoms with E-state index in [1.54, 1.807) is 6.92 Å². The average Bonchev–Trinajstić information content (AvgIpc) is 2.99. The lowest BCUT2D eigenvalue weighted by molar-refractivity contribution is -0.137. The number of carbonyl (C=O) groups is 1. The van der Waals surface area contributed by atoms with E-state index in [4.69, 9.17) is 9.47 Å². The summed E-state index contributed by atoms with van der Waals surface area (Å²) in [6, 6.07) is 0. The molecule has 92 valence electrons. The molecule has 0 aromatic carbocycles. The number of rotatable bonds is 7. The molecule has 1 heterocycles. The van der Waals surface area contributed by atoms with Gasteiger partial charge in [-0.05, 0) is 25.8 Å². The van der Waals surface area contributed by atoms with E-state index < -0.39 is 0 Å². The van der Waals surface area contributed by atoms with Gasteiger partial charge in [0.15, 0.2) is 0 Å². The highest BCUT2D eigenvalue weighted by atomic mass is 16.6. The van der Waals surface area contributed by atoms with E-state index in [0.29, 0.717) is 6.61 Å². The number of ether oxygens (including phenoxy) is 2. The minimum Gasteiger partial charge on any atom is -0.463 e. The number of unbranched alkanes of at least 4 members (excludes halogenated alkanes) is 1. The summed E-state index contributed by atoms with van der Waals surface area (Å²) in [5.41, 5.74) is -0.183. The van der Waals surface area contributed by atoms with Crippen molar-refractivity contribution in [2.24, 2.45) is 0 Å². The van der Waals surface area contributed by atoms with Crippen LogP contribution < -0.4 is 0 Å². The molecule has 0 aliphatic carbocycles. The zero-order chi connectivity index (χ0) is 12.0. The number of hydrogen-bond acceptors (Lipinski definition) is 3. The molecule has 1 rings (SSSR count). The molecule has 3 heteroatoms. The van der Waals surface area contributed by atoms with E-state index in [1.807, 2.05) is 6.08 Å². The summed E-state index contributed by atoms with van der Waals surface area (Å²) in [5.74, 6) is -0.274. The molecule has 1 aliphatic rings. The van der Waals surface area contributed by atoms with Crippen LogP contribution >= 0.6 is 0 Å². The van der Waals surface area contributed by atoms with Crippen molar-refractivity contribution in [1.29, 1.82) is 0 Å². The maximum Gasteiger partial charge on any atom is 0.330 e. The molecule has 0 amide bonds. The minimum atomic E-state index is -0.274. The van der Waals surface area contributed by atoms with Gasteiger partial charge in [-0.3, -0.25) is 0 Å². The Balaban J connectivity index is 2.49. The molecule has 0 aromatic rings. The Morgan fingerprint density at radius 2 is 2.19 bits per heavy atom. The van der Waals surface area contributed by atoms with Crippen LogP contribution in [0.5, 0.6) is 0 Å². The molecular formula is C13H22O3. The van der Waals surface area contributed by atoms with E-state index in [0.717, 1.165) is 25.7 Å². The first-order chi connectivity index (χ1) is 7.68. The van der Waals surface area contributed by atoms with Gasteiger partial charge < -0.3 is 9.47 Å². The summed E-state index contributed by atoms with van der Waals surface area (Å²) < 4.78 is 10.5. The van der Waals surface area contributed by atoms with Crippen molar-refractivity contribution in [2.75, 3.05) is 6.61 Å². The van der Waals surface area contributed by atoms with Crippen LogP contribution in [0.15, 0.2) is 12.2 Å². The minimum absolute atomic E-state index is 0.183. The SMILES string of the molecule is CCCC[C@]1(/C=C/C(=O)OCC)O[C@@H]1CC. The smallest absolute Gasteiger partial charge is 0.330 e. The molecule has 1 aliphatic heterocycles. The monoisotopic (exact) mass is 226 g/mol. The van der Waals surface area contributed by atoms with Gasteiger partial charge in [0, 0.05) is 6.08 Å². The van der Waals surface area contributed by atoms with Crippen LogP contribution in [0.1, 0.15) is 46.5 Å². The predicted molar refractivity (Wildman–Crippen MR) is 63.2 cm³/mol. The third-order valence-corrected chi connectivity index (χ3v) is 2.93. The molecule has 1 fully saturated rings. The second-order valence-corrected chi connectivity index (χ2v) is 4.16. The van der Waals surface area contributed by atoms with Crippen LogP contribution in [-0.2, 0) is 14.3 Å². The Hall–Kier alpha value is -0.830. The summed E-state index contributed by atoms with van der Waals surface area (Å²) in [6.45, 7) is 6.49. The van der Waals surface area contributed by atoms with Crippen molar-refractivity contribution in [1.82, 2.24) is 0 Å². The molecule has 3 nitrogen and oxygen atoms in total. The molecule has 0 unspecified atom stereocenters. The van der Waals surface area contributed by atoms with E-state index in [1.165, 1.54) is 6.08 Å². The van der Waals surface area contributed by atoms with Crippen LogP contribution in [-0.4, -0.2) is 24.3 Å². The summed E-state index contributed by atoms with van der Waals surface area (Å²) in [4.78, 5) is 11.2. The maximum atomic E-state index is 11.2. The lowest BCUT2D eigenvalue weighted by atomic mass is 9.96. The van der Waals surface area contributed by atoms with Crippen molar-refractivity contribution in [3.8, 4) is 0 Å². The Kier molecular flexibility index (Phi) is 5.00. The van der Waals surface area contributed by atoms with Crippen LogP contribution in [0, 0.1) is 0 Å². The lowest BCUT2D eigenvalue weighted by Gasteiger charge is -2.06. The number of esters is 1. The van der Waals surface area contributed by atoms with Gasteiger partial charge in [0.05, 0.1) is 12.7 Å². The molecule has 0 saturated carbocycles. The van der Waals surface area contributed by atoms with Gasteiger partial charge in [-0.1, -0.05) is 26.7 Å². The predicted octanol–water partition coefficient (Wildman–Crippen LogP) is 2.84. The van der Waals surface area contributed by atoms with Gasteiger partial charge in [0.2, 0.25) is 0 Å². The molecule has 0 spiro atoms. The fourth-order valence-corrected chi connectivity index (χ4v) is 1.96. The normalized spacial score (nSPS) is 28.3. The van der Waals surface area contributed by atoms with E-state index in [2.05, 4.69) is 13.8 Å².